The monoisotopic (exact) mass is 130 g/mol. The van der Waals surface area contributed by atoms with Crippen LogP contribution in [0.3, 0.4) is 0 Å². The zero-order valence-electron chi connectivity index (χ0n) is 6.30. The first kappa shape index (κ1) is 8.92. The van der Waals surface area contributed by atoms with Crippen LogP contribution in [0.1, 0.15) is 39.5 Å². The van der Waals surface area contributed by atoms with E-state index >= 15 is 0 Å². The van der Waals surface area contributed by atoms with E-state index in [-0.39, 0.29) is 6.04 Å². The van der Waals surface area contributed by atoms with Gasteiger partial charge in [0.25, 0.3) is 0 Å². The zero-order valence-corrected chi connectivity index (χ0v) is 6.30. The van der Waals surface area contributed by atoms with Crippen LogP contribution in [0.5, 0.6) is 0 Å². The molecule has 55 valence electrons. The van der Waals surface area contributed by atoms with Crippen LogP contribution < -0.4 is 5.48 Å². The molecule has 1 radical (unpaired) electrons. The molecule has 0 saturated heterocycles. The lowest BCUT2D eigenvalue weighted by Crippen LogP contribution is -2.13. The smallest absolute Gasteiger partial charge is 0.0507 e. The Bertz CT molecular complexity index is 56.9. The van der Waals surface area contributed by atoms with E-state index in [0.717, 1.165) is 6.42 Å². The highest BCUT2D eigenvalue weighted by atomic mass is 16.5. The van der Waals surface area contributed by atoms with Crippen molar-refractivity contribution in [2.45, 2.75) is 45.6 Å². The standard InChI is InChI=1S/C7H16NO/c1-3-4-5-6-7(2)8-9/h7,9H,3-6H2,1-2H3. The number of hydrogen-bond donors (Lipinski definition) is 1. The molecule has 0 aromatic heterocycles. The predicted octanol–water partition coefficient (Wildman–Crippen LogP) is 1.95. The van der Waals surface area contributed by atoms with Crippen LogP contribution in [0, 0.1) is 0 Å². The second-order valence-electron chi connectivity index (χ2n) is 2.46. The predicted molar refractivity (Wildman–Crippen MR) is 37.5 cm³/mol. The molecule has 0 aliphatic carbocycles. The van der Waals surface area contributed by atoms with Crippen molar-refractivity contribution in [2.24, 2.45) is 0 Å². The molecule has 0 bridgehead atoms. The Balaban J connectivity index is 2.88. The van der Waals surface area contributed by atoms with Gasteiger partial charge in [0.05, 0.1) is 6.04 Å². The van der Waals surface area contributed by atoms with E-state index in [1.807, 2.05) is 6.92 Å². The third-order valence-corrected chi connectivity index (χ3v) is 1.42. The van der Waals surface area contributed by atoms with Gasteiger partial charge in [-0.2, -0.15) is 0 Å². The summed E-state index contributed by atoms with van der Waals surface area (Å²) in [6.07, 6.45) is 4.68. The second-order valence-corrected chi connectivity index (χ2v) is 2.46. The molecule has 0 saturated carbocycles. The summed E-state index contributed by atoms with van der Waals surface area (Å²) >= 11 is 0. The summed E-state index contributed by atoms with van der Waals surface area (Å²) in [6.45, 7) is 4.09. The van der Waals surface area contributed by atoms with Gasteiger partial charge in [0, 0.05) is 0 Å². The molecule has 1 atom stereocenters. The van der Waals surface area contributed by atoms with Crippen molar-refractivity contribution in [2.75, 3.05) is 0 Å². The van der Waals surface area contributed by atoms with E-state index in [1.165, 1.54) is 19.3 Å². The first-order valence-electron chi connectivity index (χ1n) is 3.65. The summed E-state index contributed by atoms with van der Waals surface area (Å²) in [4.78, 5) is 0. The maximum absolute atomic E-state index is 8.26. The van der Waals surface area contributed by atoms with Crippen molar-refractivity contribution in [1.29, 1.82) is 0 Å². The first-order chi connectivity index (χ1) is 4.31. The van der Waals surface area contributed by atoms with Crippen LogP contribution in [0.25, 0.3) is 0 Å². The molecule has 0 heterocycles. The molecule has 0 aliphatic rings. The van der Waals surface area contributed by atoms with Gasteiger partial charge < -0.3 is 0 Å². The Hall–Kier alpha value is -0.0800. The molecule has 0 amide bonds. The van der Waals surface area contributed by atoms with E-state index in [1.54, 1.807) is 0 Å². The second kappa shape index (κ2) is 6.05. The molecule has 2 heteroatoms. The van der Waals surface area contributed by atoms with Crippen LogP contribution in [-0.2, 0) is 0 Å². The van der Waals surface area contributed by atoms with E-state index in [4.69, 9.17) is 5.21 Å². The van der Waals surface area contributed by atoms with Crippen LogP contribution in [0.15, 0.2) is 0 Å². The molecule has 1 N–H and O–H groups in total. The topological polar surface area (TPSA) is 34.3 Å². The molecule has 0 aromatic rings. The molecular formula is C7H16NO. The SMILES string of the molecule is CCCCCC(C)[N]O. The summed E-state index contributed by atoms with van der Waals surface area (Å²) in [5.74, 6) is 0. The molecule has 1 unspecified atom stereocenters. The molecule has 2 nitrogen and oxygen atoms in total. The average Bonchev–Trinajstić information content (AvgIpc) is 1.89. The van der Waals surface area contributed by atoms with Crippen molar-refractivity contribution < 1.29 is 5.21 Å². The van der Waals surface area contributed by atoms with Gasteiger partial charge in [-0.1, -0.05) is 31.7 Å². The van der Waals surface area contributed by atoms with Gasteiger partial charge in [0.15, 0.2) is 0 Å². The summed E-state index contributed by atoms with van der Waals surface area (Å²) in [6, 6.07) is 0.136. The number of unbranched alkanes of at least 4 members (excludes halogenated alkanes) is 2. The summed E-state index contributed by atoms with van der Waals surface area (Å²) in [5.41, 5.74) is 3.16. The Morgan fingerprint density at radius 1 is 1.44 bits per heavy atom. The van der Waals surface area contributed by atoms with Crippen molar-refractivity contribution >= 4 is 0 Å². The molecule has 0 rings (SSSR count). The summed E-state index contributed by atoms with van der Waals surface area (Å²) in [7, 11) is 0. The highest BCUT2D eigenvalue weighted by Gasteiger charge is 1.98. The number of hydroxylamine groups is 1. The van der Waals surface area contributed by atoms with E-state index in [0.29, 0.717) is 0 Å². The quantitative estimate of drug-likeness (QED) is 0.448. The maximum Gasteiger partial charge on any atom is 0.0507 e. The number of nitrogens with zero attached hydrogens (tertiary/aromatic N) is 1. The number of rotatable bonds is 5. The molecular weight excluding hydrogens is 114 g/mol. The Morgan fingerprint density at radius 2 is 2.11 bits per heavy atom. The average molecular weight is 130 g/mol. The fourth-order valence-corrected chi connectivity index (χ4v) is 0.747. The van der Waals surface area contributed by atoms with Crippen LogP contribution in [0.4, 0.5) is 0 Å². The maximum atomic E-state index is 8.26. The fraction of sp³-hybridized carbons (Fsp3) is 1.00. The Labute approximate surface area is 57.2 Å². The van der Waals surface area contributed by atoms with Gasteiger partial charge in [0.2, 0.25) is 0 Å². The first-order valence-corrected chi connectivity index (χ1v) is 3.65. The zero-order chi connectivity index (χ0) is 7.11. The fourth-order valence-electron chi connectivity index (χ4n) is 0.747. The minimum absolute atomic E-state index is 0.136. The van der Waals surface area contributed by atoms with Crippen LogP contribution >= 0.6 is 0 Å². The largest absolute Gasteiger partial charge is 0.297 e. The van der Waals surface area contributed by atoms with Gasteiger partial charge in [-0.05, 0) is 13.3 Å². The van der Waals surface area contributed by atoms with Gasteiger partial charge in [-0.15, -0.1) is 0 Å². The highest BCUT2D eigenvalue weighted by Crippen LogP contribution is 2.02. The summed E-state index contributed by atoms with van der Waals surface area (Å²) in [5, 5.41) is 8.26. The Kier molecular flexibility index (Phi) is 5.99. The molecule has 0 spiro atoms. The summed E-state index contributed by atoms with van der Waals surface area (Å²) < 4.78 is 0. The van der Waals surface area contributed by atoms with Gasteiger partial charge in [-0.25, -0.2) is 0 Å². The minimum atomic E-state index is 0.136. The molecule has 0 aliphatic heterocycles. The lowest BCUT2D eigenvalue weighted by atomic mass is 10.1. The third kappa shape index (κ3) is 5.80. The van der Waals surface area contributed by atoms with Gasteiger partial charge in [0.1, 0.15) is 0 Å². The van der Waals surface area contributed by atoms with Gasteiger partial charge in [-0.3, -0.25) is 5.21 Å². The van der Waals surface area contributed by atoms with E-state index < -0.39 is 0 Å². The van der Waals surface area contributed by atoms with E-state index in [2.05, 4.69) is 12.4 Å². The minimum Gasteiger partial charge on any atom is -0.297 e. The molecule has 0 fully saturated rings. The van der Waals surface area contributed by atoms with Crippen molar-refractivity contribution in [3.63, 3.8) is 0 Å². The van der Waals surface area contributed by atoms with Gasteiger partial charge >= 0.3 is 0 Å². The number of hydrogen-bond acceptors (Lipinski definition) is 1. The van der Waals surface area contributed by atoms with Crippen LogP contribution in [0.2, 0.25) is 0 Å². The lowest BCUT2D eigenvalue weighted by Gasteiger charge is -2.03. The normalized spacial score (nSPS) is 13.7. The third-order valence-electron chi connectivity index (χ3n) is 1.42. The molecule has 0 aromatic carbocycles. The molecule has 9 heavy (non-hydrogen) atoms. The van der Waals surface area contributed by atoms with Crippen LogP contribution in [-0.4, -0.2) is 11.2 Å². The van der Waals surface area contributed by atoms with Crippen molar-refractivity contribution in [3.8, 4) is 0 Å². The lowest BCUT2D eigenvalue weighted by molar-refractivity contribution is 0.117. The Morgan fingerprint density at radius 3 is 2.56 bits per heavy atom. The highest BCUT2D eigenvalue weighted by molar-refractivity contribution is 4.52. The van der Waals surface area contributed by atoms with Crippen molar-refractivity contribution in [1.82, 2.24) is 5.48 Å². The van der Waals surface area contributed by atoms with E-state index in [9.17, 15) is 0 Å². The van der Waals surface area contributed by atoms with Crippen molar-refractivity contribution in [3.05, 3.63) is 0 Å².